The lowest BCUT2D eigenvalue weighted by molar-refractivity contribution is 0.167. The molecule has 0 unspecified atom stereocenters. The second kappa shape index (κ2) is 7.71. The first-order valence-corrected chi connectivity index (χ1v) is 9.63. The maximum Gasteiger partial charge on any atom is 0.221 e. The average Bonchev–Trinajstić information content (AvgIpc) is 3.13. The Morgan fingerprint density at radius 3 is 1.79 bits per heavy atom. The van der Waals surface area contributed by atoms with Crippen molar-refractivity contribution in [2.45, 2.75) is 6.92 Å². The van der Waals surface area contributed by atoms with E-state index in [1.807, 2.05) is 6.92 Å². The van der Waals surface area contributed by atoms with Gasteiger partial charge in [0.15, 0.2) is 11.5 Å². The molecular formula is C15H17BrO6S2. The highest BCUT2D eigenvalue weighted by Gasteiger charge is 2.24. The number of methoxy groups -OCH3 is 2. The van der Waals surface area contributed by atoms with E-state index in [2.05, 4.69) is 15.9 Å². The molecule has 24 heavy (non-hydrogen) atoms. The average molecular weight is 437 g/mol. The summed E-state index contributed by atoms with van der Waals surface area (Å²) in [6.45, 7) is 4.44. The van der Waals surface area contributed by atoms with Crippen molar-refractivity contribution in [1.29, 1.82) is 0 Å². The second-order valence-corrected chi connectivity index (χ2v) is 8.22. The molecule has 4 heterocycles. The van der Waals surface area contributed by atoms with Crippen molar-refractivity contribution >= 4 is 38.6 Å². The minimum absolute atomic E-state index is 0.590. The fourth-order valence-electron chi connectivity index (χ4n) is 2.22. The van der Waals surface area contributed by atoms with Crippen LogP contribution in [0.4, 0.5) is 0 Å². The van der Waals surface area contributed by atoms with Crippen LogP contribution in [0.2, 0.25) is 0 Å². The van der Waals surface area contributed by atoms with E-state index in [-0.39, 0.29) is 0 Å². The zero-order valence-electron chi connectivity index (χ0n) is 13.5. The standard InChI is InChI=1S/C8H10O3S.C7H7BrO3S/c1-5-6-7(8(9-2)12-5)11-4-3-10-6;1-9-7-5-4(6(8)12-7)10-2-3-11-5/h3-4H2,1-2H3;2-3H2,1H3. The lowest BCUT2D eigenvalue weighted by Crippen LogP contribution is -2.14. The largest absolute Gasteiger partial charge is 0.485 e. The van der Waals surface area contributed by atoms with Gasteiger partial charge in [-0.15, -0.1) is 0 Å². The highest BCUT2D eigenvalue weighted by Crippen LogP contribution is 2.51. The number of aryl methyl sites for hydroxylation is 1. The van der Waals surface area contributed by atoms with Crippen LogP contribution in [0.25, 0.3) is 0 Å². The zero-order chi connectivity index (χ0) is 17.1. The third-order valence-electron chi connectivity index (χ3n) is 3.23. The molecule has 0 amide bonds. The Bertz CT molecular complexity index is 651. The van der Waals surface area contributed by atoms with E-state index in [1.54, 1.807) is 25.6 Å². The molecule has 0 bridgehead atoms. The molecule has 2 aromatic rings. The Morgan fingerprint density at radius 2 is 1.21 bits per heavy atom. The smallest absolute Gasteiger partial charge is 0.221 e. The van der Waals surface area contributed by atoms with Gasteiger partial charge in [0.1, 0.15) is 30.2 Å². The minimum atomic E-state index is 0.590. The number of ether oxygens (including phenoxy) is 6. The lowest BCUT2D eigenvalue weighted by Gasteiger charge is -2.15. The van der Waals surface area contributed by atoms with Crippen molar-refractivity contribution in [2.24, 2.45) is 0 Å². The van der Waals surface area contributed by atoms with Crippen LogP contribution in [0.15, 0.2) is 3.79 Å². The Labute approximate surface area is 156 Å². The summed E-state index contributed by atoms with van der Waals surface area (Å²) < 4.78 is 32.8. The number of thiophene rings is 2. The van der Waals surface area contributed by atoms with E-state index >= 15 is 0 Å². The maximum atomic E-state index is 5.44. The lowest BCUT2D eigenvalue weighted by atomic mass is 10.4. The van der Waals surface area contributed by atoms with E-state index in [9.17, 15) is 0 Å². The first-order valence-electron chi connectivity index (χ1n) is 7.20. The van der Waals surface area contributed by atoms with Gasteiger partial charge < -0.3 is 28.4 Å². The fraction of sp³-hybridized carbons (Fsp3) is 0.467. The molecule has 9 heteroatoms. The van der Waals surface area contributed by atoms with Gasteiger partial charge in [0.05, 0.1) is 19.1 Å². The van der Waals surface area contributed by atoms with Gasteiger partial charge in [-0.05, 0) is 22.9 Å². The van der Waals surface area contributed by atoms with E-state index in [0.717, 1.165) is 41.8 Å². The molecule has 0 saturated heterocycles. The Kier molecular flexibility index (Phi) is 5.62. The van der Waals surface area contributed by atoms with Gasteiger partial charge in [-0.3, -0.25) is 0 Å². The van der Waals surface area contributed by atoms with Crippen LogP contribution in [-0.4, -0.2) is 40.6 Å². The van der Waals surface area contributed by atoms with Crippen molar-refractivity contribution in [3.8, 4) is 33.1 Å². The van der Waals surface area contributed by atoms with Crippen molar-refractivity contribution in [2.75, 3.05) is 40.6 Å². The molecule has 0 N–H and O–H groups in total. The Hall–Kier alpha value is -1.32. The van der Waals surface area contributed by atoms with E-state index in [4.69, 9.17) is 28.4 Å². The number of halogens is 1. The van der Waals surface area contributed by atoms with Gasteiger partial charge in [-0.1, -0.05) is 22.7 Å². The predicted molar refractivity (Wildman–Crippen MR) is 96.2 cm³/mol. The molecule has 4 rings (SSSR count). The third-order valence-corrected chi connectivity index (χ3v) is 6.01. The number of fused-ring (bicyclic) bond motifs is 2. The van der Waals surface area contributed by atoms with Gasteiger partial charge in [0.25, 0.3) is 0 Å². The van der Waals surface area contributed by atoms with Crippen LogP contribution < -0.4 is 28.4 Å². The van der Waals surface area contributed by atoms with Crippen molar-refractivity contribution in [1.82, 2.24) is 0 Å². The topological polar surface area (TPSA) is 55.4 Å². The van der Waals surface area contributed by atoms with E-state index in [0.29, 0.717) is 26.4 Å². The molecule has 2 aliphatic heterocycles. The molecular weight excluding hydrogens is 420 g/mol. The SMILES string of the molecule is COc1sc(Br)c2c1OCCO2.COc1sc(C)c2c1OCCO2. The summed E-state index contributed by atoms with van der Waals surface area (Å²) >= 11 is 6.41. The zero-order valence-corrected chi connectivity index (χ0v) is 16.7. The fourth-order valence-corrected chi connectivity index (χ4v) is 4.54. The second-order valence-electron chi connectivity index (χ2n) is 4.73. The highest BCUT2D eigenvalue weighted by molar-refractivity contribution is 9.11. The summed E-state index contributed by atoms with van der Waals surface area (Å²) in [6, 6.07) is 0. The van der Waals surface area contributed by atoms with Crippen LogP contribution in [0.3, 0.4) is 0 Å². The van der Waals surface area contributed by atoms with Gasteiger partial charge in [0, 0.05) is 0 Å². The minimum Gasteiger partial charge on any atom is -0.485 e. The molecule has 6 nitrogen and oxygen atoms in total. The van der Waals surface area contributed by atoms with Crippen molar-refractivity contribution in [3.05, 3.63) is 8.66 Å². The van der Waals surface area contributed by atoms with Crippen LogP contribution in [0, 0.1) is 6.92 Å². The number of hydrogen-bond acceptors (Lipinski definition) is 8. The monoisotopic (exact) mass is 436 g/mol. The summed E-state index contributed by atoms with van der Waals surface area (Å²) in [6.07, 6.45) is 0. The summed E-state index contributed by atoms with van der Waals surface area (Å²) in [4.78, 5) is 1.11. The van der Waals surface area contributed by atoms with Crippen molar-refractivity contribution < 1.29 is 28.4 Å². The van der Waals surface area contributed by atoms with Crippen LogP contribution in [-0.2, 0) is 0 Å². The summed E-state index contributed by atoms with van der Waals surface area (Å²) in [5.74, 6) is 3.11. The van der Waals surface area contributed by atoms with Crippen LogP contribution in [0.1, 0.15) is 4.88 Å². The summed E-state index contributed by atoms with van der Waals surface area (Å²) in [5.41, 5.74) is 0. The molecule has 0 fully saturated rings. The Balaban J connectivity index is 0.000000141. The van der Waals surface area contributed by atoms with Gasteiger partial charge in [0.2, 0.25) is 21.6 Å². The van der Waals surface area contributed by atoms with E-state index < -0.39 is 0 Å². The highest BCUT2D eigenvalue weighted by atomic mass is 79.9. The van der Waals surface area contributed by atoms with Crippen LogP contribution in [0.5, 0.6) is 33.1 Å². The molecule has 2 aromatic heterocycles. The van der Waals surface area contributed by atoms with Gasteiger partial charge >= 0.3 is 0 Å². The van der Waals surface area contributed by atoms with Crippen molar-refractivity contribution in [3.63, 3.8) is 0 Å². The summed E-state index contributed by atoms with van der Waals surface area (Å²) in [7, 11) is 3.26. The quantitative estimate of drug-likeness (QED) is 0.705. The first kappa shape index (κ1) is 17.5. The molecule has 0 radical (unpaired) electrons. The molecule has 0 aliphatic carbocycles. The molecule has 0 aromatic carbocycles. The molecule has 0 atom stereocenters. The molecule has 0 spiro atoms. The van der Waals surface area contributed by atoms with E-state index in [1.165, 1.54) is 11.3 Å². The number of rotatable bonds is 2. The predicted octanol–water partition coefficient (Wildman–Crippen LogP) is 4.13. The van der Waals surface area contributed by atoms with Gasteiger partial charge in [-0.2, -0.15) is 0 Å². The van der Waals surface area contributed by atoms with Crippen LogP contribution >= 0.6 is 38.6 Å². The number of hydrogen-bond donors (Lipinski definition) is 0. The molecule has 2 aliphatic rings. The third kappa shape index (κ3) is 3.38. The molecule has 0 saturated carbocycles. The summed E-state index contributed by atoms with van der Waals surface area (Å²) in [5, 5.41) is 1.57. The van der Waals surface area contributed by atoms with Gasteiger partial charge in [-0.25, -0.2) is 0 Å². The Morgan fingerprint density at radius 1 is 0.750 bits per heavy atom. The normalized spacial score (nSPS) is 14.5. The molecule has 132 valence electrons. The first-order chi connectivity index (χ1) is 11.7. The maximum absolute atomic E-state index is 5.44.